The Labute approximate surface area is 140 Å². The molecule has 1 fully saturated rings. The third kappa shape index (κ3) is 2.66. The summed E-state index contributed by atoms with van der Waals surface area (Å²) in [6.07, 6.45) is 2.07. The molecular formula is C19H20N4O. The molecule has 1 amide bonds. The Morgan fingerprint density at radius 1 is 1.21 bits per heavy atom. The van der Waals surface area contributed by atoms with Crippen LogP contribution >= 0.6 is 0 Å². The number of likely N-dealkylation sites (tertiary alicyclic amines) is 1. The molecule has 0 saturated carbocycles. The first-order valence-corrected chi connectivity index (χ1v) is 8.36. The van der Waals surface area contributed by atoms with Crippen molar-refractivity contribution in [3.8, 4) is 0 Å². The molecule has 4 rings (SSSR count). The molecule has 5 heteroatoms. The molecule has 1 atom stereocenters. The lowest BCUT2D eigenvalue weighted by Gasteiger charge is -2.25. The van der Waals surface area contributed by atoms with Crippen LogP contribution in [0.4, 0.5) is 0 Å². The summed E-state index contributed by atoms with van der Waals surface area (Å²) in [6.45, 7) is 3.14. The highest BCUT2D eigenvalue weighted by Gasteiger charge is 2.30. The largest absolute Gasteiger partial charge is 0.334 e. The zero-order chi connectivity index (χ0) is 16.5. The highest BCUT2D eigenvalue weighted by Crippen LogP contribution is 2.32. The van der Waals surface area contributed by atoms with Gasteiger partial charge in [-0.1, -0.05) is 47.2 Å². The number of hydrogen-bond acceptors (Lipinski definition) is 3. The number of rotatable bonds is 3. The van der Waals surface area contributed by atoms with Crippen LogP contribution in [-0.2, 0) is 11.3 Å². The maximum atomic E-state index is 12.9. The fourth-order valence-corrected chi connectivity index (χ4v) is 3.54. The van der Waals surface area contributed by atoms with Crippen LogP contribution < -0.4 is 0 Å². The molecule has 5 nitrogen and oxygen atoms in total. The van der Waals surface area contributed by atoms with Gasteiger partial charge in [-0.25, -0.2) is 4.68 Å². The van der Waals surface area contributed by atoms with Crippen molar-refractivity contribution in [1.29, 1.82) is 0 Å². The van der Waals surface area contributed by atoms with Crippen molar-refractivity contribution in [2.24, 2.45) is 0 Å². The van der Waals surface area contributed by atoms with E-state index in [1.54, 1.807) is 4.68 Å². The molecule has 1 saturated heterocycles. The number of aryl methyl sites for hydroxylation is 1. The molecule has 0 spiro atoms. The van der Waals surface area contributed by atoms with E-state index in [2.05, 4.69) is 41.5 Å². The second kappa shape index (κ2) is 6.07. The van der Waals surface area contributed by atoms with Gasteiger partial charge in [-0.05, 0) is 37.5 Å². The van der Waals surface area contributed by atoms with Crippen molar-refractivity contribution in [3.63, 3.8) is 0 Å². The normalized spacial score (nSPS) is 17.5. The summed E-state index contributed by atoms with van der Waals surface area (Å²) in [4.78, 5) is 14.9. The SMILES string of the molecule is Cc1cccc(C2CCCN2C(=O)Cn2nnc3ccccc32)c1. The van der Waals surface area contributed by atoms with Gasteiger partial charge in [0.25, 0.3) is 0 Å². The Morgan fingerprint density at radius 2 is 2.08 bits per heavy atom. The molecule has 1 aromatic heterocycles. The summed E-state index contributed by atoms with van der Waals surface area (Å²) in [5.74, 6) is 0.106. The number of aromatic nitrogens is 3. The Balaban J connectivity index is 1.57. The number of benzene rings is 2. The van der Waals surface area contributed by atoms with Crippen molar-refractivity contribution in [3.05, 3.63) is 59.7 Å². The average molecular weight is 320 g/mol. The van der Waals surface area contributed by atoms with E-state index in [0.717, 1.165) is 30.4 Å². The summed E-state index contributed by atoms with van der Waals surface area (Å²) in [5, 5.41) is 8.27. The second-order valence-corrected chi connectivity index (χ2v) is 6.40. The Hall–Kier alpha value is -2.69. The van der Waals surface area contributed by atoms with Crippen LogP contribution in [0.25, 0.3) is 11.0 Å². The monoisotopic (exact) mass is 320 g/mol. The average Bonchev–Trinajstić information content (AvgIpc) is 3.22. The molecule has 0 aliphatic carbocycles. The zero-order valence-corrected chi connectivity index (χ0v) is 13.7. The fraction of sp³-hybridized carbons (Fsp3) is 0.316. The first kappa shape index (κ1) is 14.9. The third-order valence-electron chi connectivity index (χ3n) is 4.71. The molecule has 2 aromatic carbocycles. The van der Waals surface area contributed by atoms with Crippen LogP contribution in [0, 0.1) is 6.92 Å². The summed E-state index contributed by atoms with van der Waals surface area (Å²) < 4.78 is 1.70. The molecule has 3 aromatic rings. The zero-order valence-electron chi connectivity index (χ0n) is 13.7. The minimum absolute atomic E-state index is 0.106. The standard InChI is InChI=1S/C19H20N4O/c1-14-6-4-7-15(12-14)17-10-5-11-22(17)19(24)13-23-18-9-3-2-8-16(18)20-21-23/h2-4,6-9,12,17H,5,10-11,13H2,1H3. The smallest absolute Gasteiger partial charge is 0.244 e. The van der Waals surface area contributed by atoms with E-state index < -0.39 is 0 Å². The molecule has 1 unspecified atom stereocenters. The van der Waals surface area contributed by atoms with Gasteiger partial charge in [0.15, 0.2) is 0 Å². The number of nitrogens with zero attached hydrogens (tertiary/aromatic N) is 4. The van der Waals surface area contributed by atoms with E-state index in [4.69, 9.17) is 0 Å². The van der Waals surface area contributed by atoms with Gasteiger partial charge >= 0.3 is 0 Å². The van der Waals surface area contributed by atoms with Crippen molar-refractivity contribution in [1.82, 2.24) is 19.9 Å². The van der Waals surface area contributed by atoms with Crippen LogP contribution in [0.2, 0.25) is 0 Å². The quantitative estimate of drug-likeness (QED) is 0.745. The summed E-state index contributed by atoms with van der Waals surface area (Å²) in [5.41, 5.74) is 4.18. The highest BCUT2D eigenvalue weighted by atomic mass is 16.2. The molecule has 0 N–H and O–H groups in total. The van der Waals surface area contributed by atoms with Crippen LogP contribution in [0.3, 0.4) is 0 Å². The first-order valence-electron chi connectivity index (χ1n) is 8.36. The van der Waals surface area contributed by atoms with E-state index in [1.165, 1.54) is 11.1 Å². The summed E-state index contributed by atoms with van der Waals surface area (Å²) >= 11 is 0. The van der Waals surface area contributed by atoms with Crippen molar-refractivity contribution >= 4 is 16.9 Å². The number of hydrogen-bond donors (Lipinski definition) is 0. The second-order valence-electron chi connectivity index (χ2n) is 6.40. The van der Waals surface area contributed by atoms with E-state index in [-0.39, 0.29) is 18.5 Å². The lowest BCUT2D eigenvalue weighted by Crippen LogP contribution is -2.33. The fourth-order valence-electron chi connectivity index (χ4n) is 3.54. The number of fused-ring (bicyclic) bond motifs is 1. The molecule has 1 aliphatic heterocycles. The lowest BCUT2D eigenvalue weighted by atomic mass is 10.0. The van der Waals surface area contributed by atoms with Gasteiger partial charge in [-0.3, -0.25) is 4.79 Å². The van der Waals surface area contributed by atoms with Gasteiger partial charge in [-0.15, -0.1) is 5.10 Å². The van der Waals surface area contributed by atoms with E-state index in [9.17, 15) is 4.79 Å². The van der Waals surface area contributed by atoms with Crippen molar-refractivity contribution < 1.29 is 4.79 Å². The van der Waals surface area contributed by atoms with Crippen LogP contribution in [0.1, 0.15) is 30.0 Å². The van der Waals surface area contributed by atoms with Gasteiger partial charge in [0.05, 0.1) is 11.6 Å². The molecule has 0 radical (unpaired) electrons. The van der Waals surface area contributed by atoms with Gasteiger partial charge in [-0.2, -0.15) is 0 Å². The lowest BCUT2D eigenvalue weighted by molar-refractivity contribution is -0.132. The first-order chi connectivity index (χ1) is 11.7. The van der Waals surface area contributed by atoms with Crippen molar-refractivity contribution in [2.45, 2.75) is 32.4 Å². The number of carbonyl (C=O) groups is 1. The summed E-state index contributed by atoms with van der Waals surface area (Å²) in [6, 6.07) is 16.4. The molecule has 0 bridgehead atoms. The van der Waals surface area contributed by atoms with Crippen molar-refractivity contribution in [2.75, 3.05) is 6.54 Å². The topological polar surface area (TPSA) is 51.0 Å². The highest BCUT2D eigenvalue weighted by molar-refractivity contribution is 5.80. The minimum Gasteiger partial charge on any atom is -0.334 e. The van der Waals surface area contributed by atoms with Crippen LogP contribution in [0.15, 0.2) is 48.5 Å². The molecular weight excluding hydrogens is 300 g/mol. The Kier molecular flexibility index (Phi) is 3.76. The number of para-hydroxylation sites is 1. The number of carbonyl (C=O) groups excluding carboxylic acids is 1. The molecule has 24 heavy (non-hydrogen) atoms. The number of amides is 1. The predicted octanol–water partition coefficient (Wildman–Crippen LogP) is 3.10. The maximum Gasteiger partial charge on any atom is 0.244 e. The van der Waals surface area contributed by atoms with Gasteiger partial charge in [0.2, 0.25) is 5.91 Å². The van der Waals surface area contributed by atoms with E-state index in [1.807, 2.05) is 29.2 Å². The Morgan fingerprint density at radius 3 is 2.96 bits per heavy atom. The van der Waals surface area contributed by atoms with E-state index in [0.29, 0.717) is 0 Å². The molecule has 2 heterocycles. The van der Waals surface area contributed by atoms with Crippen LogP contribution in [0.5, 0.6) is 0 Å². The summed E-state index contributed by atoms with van der Waals surface area (Å²) in [7, 11) is 0. The predicted molar refractivity (Wildman–Crippen MR) is 92.4 cm³/mol. The van der Waals surface area contributed by atoms with Gasteiger partial charge < -0.3 is 4.90 Å². The third-order valence-corrected chi connectivity index (χ3v) is 4.71. The Bertz CT molecular complexity index is 886. The van der Waals surface area contributed by atoms with Gasteiger partial charge in [0.1, 0.15) is 12.1 Å². The maximum absolute atomic E-state index is 12.9. The van der Waals surface area contributed by atoms with Crippen LogP contribution in [-0.4, -0.2) is 32.3 Å². The van der Waals surface area contributed by atoms with Gasteiger partial charge in [0, 0.05) is 6.54 Å². The molecule has 1 aliphatic rings. The molecule has 122 valence electrons. The van der Waals surface area contributed by atoms with E-state index >= 15 is 0 Å². The minimum atomic E-state index is 0.106.